The molecule has 6 rings (SSSR count). The van der Waals surface area contributed by atoms with Gasteiger partial charge in [-0.25, -0.2) is 9.97 Å². The largest absolute Gasteiger partial charge is 0.481 e. The number of rotatable bonds is 9. The number of pyridine rings is 2. The van der Waals surface area contributed by atoms with Gasteiger partial charge in [-0.3, -0.25) is 0 Å². The minimum absolute atomic E-state index is 0.435. The lowest BCUT2D eigenvalue weighted by Gasteiger charge is -2.39. The summed E-state index contributed by atoms with van der Waals surface area (Å²) in [6.45, 7) is 0.642. The fourth-order valence-electron chi connectivity index (χ4n) is 6.08. The molecule has 6 nitrogen and oxygen atoms in total. The van der Waals surface area contributed by atoms with E-state index in [-0.39, 0.29) is 0 Å². The first-order valence-electron chi connectivity index (χ1n) is 14.2. The van der Waals surface area contributed by atoms with E-state index in [1.54, 1.807) is 14.2 Å². The monoisotopic (exact) mass is 557 g/mol. The third-order valence-corrected chi connectivity index (χ3v) is 8.12. The van der Waals surface area contributed by atoms with Gasteiger partial charge in [0.2, 0.25) is 11.8 Å². The van der Waals surface area contributed by atoms with E-state index in [1.807, 2.05) is 86.9 Å². The van der Waals surface area contributed by atoms with Crippen molar-refractivity contribution in [2.24, 2.45) is 0 Å². The van der Waals surface area contributed by atoms with Crippen molar-refractivity contribution in [1.29, 1.82) is 0 Å². The molecule has 2 aromatic heterocycles. The first kappa shape index (κ1) is 27.6. The highest BCUT2D eigenvalue weighted by molar-refractivity contribution is 5.87. The van der Waals surface area contributed by atoms with Crippen LogP contribution in [0, 0.1) is 0 Å². The molecule has 0 saturated heterocycles. The molecule has 0 fully saturated rings. The van der Waals surface area contributed by atoms with Gasteiger partial charge in [-0.15, -0.1) is 0 Å². The Morgan fingerprint density at radius 2 is 1.19 bits per heavy atom. The Morgan fingerprint density at radius 3 is 1.74 bits per heavy atom. The van der Waals surface area contributed by atoms with Crippen molar-refractivity contribution in [3.63, 3.8) is 0 Å². The highest BCUT2D eigenvalue weighted by Gasteiger charge is 2.45. The molecule has 1 atom stereocenters. The third kappa shape index (κ3) is 4.93. The van der Waals surface area contributed by atoms with Crippen molar-refractivity contribution >= 4 is 32.6 Å². The zero-order valence-electron chi connectivity index (χ0n) is 24.4. The van der Waals surface area contributed by atoms with Gasteiger partial charge in [-0.2, -0.15) is 0 Å². The summed E-state index contributed by atoms with van der Waals surface area (Å²) in [5, 5.41) is 17.4. The van der Waals surface area contributed by atoms with Crippen LogP contribution < -0.4 is 9.47 Å². The number of hydrogen-bond donors (Lipinski definition) is 1. The first-order valence-corrected chi connectivity index (χ1v) is 14.2. The number of hydrogen-bond acceptors (Lipinski definition) is 6. The van der Waals surface area contributed by atoms with Crippen LogP contribution in [-0.2, 0) is 5.60 Å². The van der Waals surface area contributed by atoms with E-state index in [2.05, 4.69) is 35.2 Å². The molecule has 0 aliphatic carbocycles. The average molecular weight is 558 g/mol. The number of benzene rings is 4. The third-order valence-electron chi connectivity index (χ3n) is 8.12. The standard InChI is InChI=1S/C36H35N3O3/c1-39(2)21-20-36(40,30-17-11-15-24-12-5-8-16-27(24)30)33(28-22-25-13-6-9-18-31(25)37-34(28)41-3)29-23-26-14-7-10-19-32(26)38-35(29)42-4/h5-19,22-23,33,40H,20-21H2,1-4H3. The summed E-state index contributed by atoms with van der Waals surface area (Å²) in [6.07, 6.45) is 0.435. The quantitative estimate of drug-likeness (QED) is 0.208. The number of para-hydroxylation sites is 2. The van der Waals surface area contributed by atoms with Crippen LogP contribution in [0.15, 0.2) is 103 Å². The van der Waals surface area contributed by atoms with Crippen molar-refractivity contribution < 1.29 is 14.6 Å². The topological polar surface area (TPSA) is 67.7 Å². The molecule has 0 saturated carbocycles. The molecule has 6 heteroatoms. The zero-order chi connectivity index (χ0) is 29.3. The Bertz CT molecular complexity index is 1790. The molecule has 0 bridgehead atoms. The van der Waals surface area contributed by atoms with Crippen molar-refractivity contribution in [2.45, 2.75) is 17.9 Å². The Morgan fingerprint density at radius 1 is 0.690 bits per heavy atom. The summed E-state index contributed by atoms with van der Waals surface area (Å²) >= 11 is 0. The molecule has 212 valence electrons. The molecule has 0 aliphatic heterocycles. The van der Waals surface area contributed by atoms with Gasteiger partial charge in [0.15, 0.2) is 0 Å². The van der Waals surface area contributed by atoms with Crippen molar-refractivity contribution in [3.8, 4) is 11.8 Å². The van der Waals surface area contributed by atoms with Gasteiger partial charge in [0.1, 0.15) is 5.60 Å². The zero-order valence-corrected chi connectivity index (χ0v) is 24.4. The molecule has 0 spiro atoms. The van der Waals surface area contributed by atoms with Crippen LogP contribution in [0.25, 0.3) is 32.6 Å². The lowest BCUT2D eigenvalue weighted by Crippen LogP contribution is -2.38. The van der Waals surface area contributed by atoms with E-state index in [0.29, 0.717) is 24.7 Å². The van der Waals surface area contributed by atoms with Gasteiger partial charge >= 0.3 is 0 Å². The molecule has 0 radical (unpaired) electrons. The van der Waals surface area contributed by atoms with Crippen molar-refractivity contribution in [2.75, 3.05) is 34.9 Å². The summed E-state index contributed by atoms with van der Waals surface area (Å²) in [5.74, 6) is 0.275. The van der Waals surface area contributed by atoms with Crippen LogP contribution in [-0.4, -0.2) is 54.8 Å². The highest BCUT2D eigenvalue weighted by Crippen LogP contribution is 2.51. The maximum atomic E-state index is 13.4. The molecular formula is C36H35N3O3. The molecule has 4 aromatic carbocycles. The second-order valence-electron chi connectivity index (χ2n) is 11.0. The number of nitrogens with zero attached hydrogens (tertiary/aromatic N) is 3. The normalized spacial score (nSPS) is 13.2. The molecule has 6 aromatic rings. The maximum Gasteiger partial charge on any atom is 0.217 e. The van der Waals surface area contributed by atoms with Crippen molar-refractivity contribution in [3.05, 3.63) is 120 Å². The van der Waals surface area contributed by atoms with E-state index in [4.69, 9.17) is 19.4 Å². The summed E-state index contributed by atoms with van der Waals surface area (Å²) in [6, 6.07) is 34.4. The highest BCUT2D eigenvalue weighted by atomic mass is 16.5. The molecule has 0 aliphatic rings. The summed E-state index contributed by atoms with van der Waals surface area (Å²) in [7, 11) is 7.30. The van der Waals surface area contributed by atoms with E-state index in [9.17, 15) is 5.11 Å². The fraction of sp³-hybridized carbons (Fsp3) is 0.222. The second kappa shape index (κ2) is 11.4. The number of fused-ring (bicyclic) bond motifs is 3. The van der Waals surface area contributed by atoms with Crippen LogP contribution in [0.3, 0.4) is 0 Å². The van der Waals surface area contributed by atoms with Crippen LogP contribution in [0.5, 0.6) is 11.8 Å². The van der Waals surface area contributed by atoms with Gasteiger partial charge in [0.05, 0.1) is 31.2 Å². The Labute approximate surface area is 246 Å². The molecule has 42 heavy (non-hydrogen) atoms. The Kier molecular flexibility index (Phi) is 7.50. The van der Waals surface area contributed by atoms with Gasteiger partial charge in [-0.05, 0) is 61.1 Å². The fourth-order valence-corrected chi connectivity index (χ4v) is 6.08. The lowest BCUT2D eigenvalue weighted by molar-refractivity contribution is 0.00452. The van der Waals surface area contributed by atoms with Crippen molar-refractivity contribution in [1.82, 2.24) is 14.9 Å². The van der Waals surface area contributed by atoms with Crippen LogP contribution in [0.1, 0.15) is 29.0 Å². The Hall–Kier alpha value is -4.52. The smallest absolute Gasteiger partial charge is 0.217 e. The van der Waals surface area contributed by atoms with E-state index in [1.165, 1.54) is 0 Å². The van der Waals surface area contributed by atoms with Gasteiger partial charge in [-0.1, -0.05) is 78.9 Å². The molecule has 2 heterocycles. The molecular weight excluding hydrogens is 522 g/mol. The Balaban J connectivity index is 1.74. The predicted molar refractivity (Wildman–Crippen MR) is 169 cm³/mol. The first-order chi connectivity index (χ1) is 20.4. The van der Waals surface area contributed by atoms with Crippen LogP contribution >= 0.6 is 0 Å². The summed E-state index contributed by atoms with van der Waals surface area (Å²) in [5.41, 5.74) is 2.60. The van der Waals surface area contributed by atoms with Crippen LogP contribution in [0.4, 0.5) is 0 Å². The average Bonchev–Trinajstić information content (AvgIpc) is 3.02. The predicted octanol–water partition coefficient (Wildman–Crippen LogP) is 6.92. The maximum absolute atomic E-state index is 13.4. The van der Waals surface area contributed by atoms with Crippen LogP contribution in [0.2, 0.25) is 0 Å². The minimum Gasteiger partial charge on any atom is -0.481 e. The second-order valence-corrected chi connectivity index (χ2v) is 11.0. The van der Waals surface area contributed by atoms with E-state index in [0.717, 1.165) is 49.3 Å². The van der Waals surface area contributed by atoms with Gasteiger partial charge < -0.3 is 19.5 Å². The molecule has 0 amide bonds. The minimum atomic E-state index is -1.40. The molecule has 1 N–H and O–H groups in total. The molecule has 1 unspecified atom stereocenters. The summed E-state index contributed by atoms with van der Waals surface area (Å²) in [4.78, 5) is 11.9. The lowest BCUT2D eigenvalue weighted by atomic mass is 9.70. The van der Waals surface area contributed by atoms with Gasteiger partial charge in [0.25, 0.3) is 0 Å². The number of ether oxygens (including phenoxy) is 2. The number of aromatic nitrogens is 2. The SMILES string of the molecule is COc1nc2ccccc2cc1C(c1cc2ccccc2nc1OC)C(O)(CCN(C)C)c1cccc2ccccc12. The number of aliphatic hydroxyl groups is 1. The van der Waals surface area contributed by atoms with E-state index >= 15 is 0 Å². The van der Waals surface area contributed by atoms with E-state index < -0.39 is 11.5 Å². The number of methoxy groups -OCH3 is 2. The summed E-state index contributed by atoms with van der Waals surface area (Å²) < 4.78 is 11.9. The van der Waals surface area contributed by atoms with Gasteiger partial charge in [0, 0.05) is 28.4 Å².